The molecule has 1 saturated heterocycles. The second kappa shape index (κ2) is 10.2. The van der Waals surface area contributed by atoms with Crippen LogP contribution in [0.1, 0.15) is 47.2 Å². The molecule has 1 amide bonds. The Balaban J connectivity index is 1.40. The minimum Gasteiger partial charge on any atom is -0.491 e. The summed E-state index contributed by atoms with van der Waals surface area (Å²) < 4.78 is 16.1. The number of ether oxygens (including phenoxy) is 3. The molecule has 0 aromatic heterocycles. The van der Waals surface area contributed by atoms with Crippen molar-refractivity contribution in [3.63, 3.8) is 0 Å². The molecule has 2 aromatic rings. The summed E-state index contributed by atoms with van der Waals surface area (Å²) in [6.45, 7) is 1.78. The van der Waals surface area contributed by atoms with Crippen LogP contribution in [0.5, 0.6) is 5.75 Å². The molecule has 0 radical (unpaired) electrons. The third kappa shape index (κ3) is 5.06. The van der Waals surface area contributed by atoms with Gasteiger partial charge in [0.05, 0.1) is 23.8 Å². The number of carbonyl (C=O) groups excluding carboxylic acids is 2. The highest BCUT2D eigenvalue weighted by atomic mass is 16.5. The first kappa shape index (κ1) is 23.7. The molecule has 1 aliphatic heterocycles. The Morgan fingerprint density at radius 2 is 1.76 bits per heavy atom. The van der Waals surface area contributed by atoms with E-state index in [1.165, 1.54) is 7.11 Å². The molecular weight excluding hydrogens is 434 g/mol. The van der Waals surface area contributed by atoms with Crippen molar-refractivity contribution in [3.05, 3.63) is 65.2 Å². The Hall–Kier alpha value is -3.41. The van der Waals surface area contributed by atoms with Crippen LogP contribution in [0.3, 0.4) is 0 Å². The van der Waals surface area contributed by atoms with E-state index >= 15 is 0 Å². The Kier molecular flexibility index (Phi) is 7.15. The average molecular weight is 464 g/mol. The van der Waals surface area contributed by atoms with Crippen molar-refractivity contribution in [2.24, 2.45) is 0 Å². The fourth-order valence-corrected chi connectivity index (χ4v) is 4.33. The molecule has 1 heterocycles. The molecule has 0 unspecified atom stereocenters. The van der Waals surface area contributed by atoms with Crippen molar-refractivity contribution in [1.82, 2.24) is 10.6 Å². The van der Waals surface area contributed by atoms with Gasteiger partial charge in [-0.3, -0.25) is 10.1 Å². The number of para-hydroxylation sites is 1. The normalized spacial score (nSPS) is 17.8. The largest absolute Gasteiger partial charge is 0.491 e. The van der Waals surface area contributed by atoms with Crippen molar-refractivity contribution < 1.29 is 23.8 Å². The second-order valence-electron chi connectivity index (χ2n) is 8.68. The first-order valence-electron chi connectivity index (χ1n) is 11.5. The third-order valence-electron chi connectivity index (χ3n) is 6.57. The Morgan fingerprint density at radius 3 is 2.41 bits per heavy atom. The number of nitrogens with one attached hydrogen (secondary N) is 2. The van der Waals surface area contributed by atoms with E-state index in [1.807, 2.05) is 18.2 Å². The highest BCUT2D eigenvalue weighted by molar-refractivity contribution is 5.89. The van der Waals surface area contributed by atoms with Gasteiger partial charge in [0.1, 0.15) is 24.0 Å². The standard InChI is InChI=1S/C26H29N3O5/c1-32-23(30)19-6-8-21(9-7-19)25(10-11-25)29-24(31)26(12-15-33-16-13-26)28-14-17-34-22-5-3-2-4-20(22)18-27/h2-9,28H,10-17H2,1H3,(H,29,31). The van der Waals surface area contributed by atoms with Gasteiger partial charge >= 0.3 is 5.97 Å². The van der Waals surface area contributed by atoms with Crippen LogP contribution in [-0.2, 0) is 19.8 Å². The molecular formula is C26H29N3O5. The van der Waals surface area contributed by atoms with Crippen molar-refractivity contribution >= 4 is 11.9 Å². The van der Waals surface area contributed by atoms with E-state index in [1.54, 1.807) is 30.3 Å². The maximum atomic E-state index is 13.5. The zero-order chi connectivity index (χ0) is 24.0. The van der Waals surface area contributed by atoms with Gasteiger partial charge in [0, 0.05) is 19.8 Å². The lowest BCUT2D eigenvalue weighted by atomic mass is 9.88. The van der Waals surface area contributed by atoms with Gasteiger partial charge in [0.15, 0.2) is 0 Å². The molecule has 2 fully saturated rings. The number of esters is 1. The molecule has 34 heavy (non-hydrogen) atoms. The predicted molar refractivity (Wildman–Crippen MR) is 124 cm³/mol. The van der Waals surface area contributed by atoms with E-state index in [-0.39, 0.29) is 11.9 Å². The predicted octanol–water partition coefficient (Wildman–Crippen LogP) is 2.67. The van der Waals surface area contributed by atoms with Crippen LogP contribution in [0.15, 0.2) is 48.5 Å². The van der Waals surface area contributed by atoms with Gasteiger partial charge in [-0.2, -0.15) is 5.26 Å². The maximum Gasteiger partial charge on any atom is 0.337 e. The van der Waals surface area contributed by atoms with E-state index in [0.717, 1.165) is 18.4 Å². The third-order valence-corrected chi connectivity index (χ3v) is 6.57. The zero-order valence-electron chi connectivity index (χ0n) is 19.3. The molecule has 0 spiro atoms. The van der Waals surface area contributed by atoms with Crippen LogP contribution in [-0.4, -0.2) is 50.9 Å². The lowest BCUT2D eigenvalue weighted by Crippen LogP contribution is -2.61. The summed E-state index contributed by atoms with van der Waals surface area (Å²) in [6, 6.07) is 16.4. The van der Waals surface area contributed by atoms with Crippen LogP contribution in [0.2, 0.25) is 0 Å². The highest BCUT2D eigenvalue weighted by Crippen LogP contribution is 2.46. The summed E-state index contributed by atoms with van der Waals surface area (Å²) in [6.07, 6.45) is 2.81. The quantitative estimate of drug-likeness (QED) is 0.435. The van der Waals surface area contributed by atoms with Crippen molar-refractivity contribution in [3.8, 4) is 11.8 Å². The highest BCUT2D eigenvalue weighted by Gasteiger charge is 2.50. The Morgan fingerprint density at radius 1 is 1.06 bits per heavy atom. The number of benzene rings is 2. The first-order chi connectivity index (χ1) is 16.5. The smallest absolute Gasteiger partial charge is 0.337 e. The fraction of sp³-hybridized carbons (Fsp3) is 0.423. The van der Waals surface area contributed by atoms with Crippen LogP contribution in [0.4, 0.5) is 0 Å². The summed E-state index contributed by atoms with van der Waals surface area (Å²) in [4.78, 5) is 25.3. The lowest BCUT2D eigenvalue weighted by molar-refractivity contribution is -0.133. The summed E-state index contributed by atoms with van der Waals surface area (Å²) in [7, 11) is 1.35. The van der Waals surface area contributed by atoms with E-state index in [2.05, 4.69) is 16.7 Å². The lowest BCUT2D eigenvalue weighted by Gasteiger charge is -2.38. The molecule has 178 valence electrons. The first-order valence-corrected chi connectivity index (χ1v) is 11.5. The molecule has 8 heteroatoms. The number of carbonyl (C=O) groups is 2. The summed E-state index contributed by atoms with van der Waals surface area (Å²) in [5.41, 5.74) is 0.773. The van der Waals surface area contributed by atoms with Gasteiger partial charge in [-0.25, -0.2) is 4.79 Å². The fourth-order valence-electron chi connectivity index (χ4n) is 4.33. The minimum atomic E-state index is -0.752. The van der Waals surface area contributed by atoms with Gasteiger partial charge in [-0.05, 0) is 55.5 Å². The molecule has 2 aliphatic rings. The molecule has 0 atom stereocenters. The maximum absolute atomic E-state index is 13.5. The van der Waals surface area contributed by atoms with Gasteiger partial charge in [0.25, 0.3) is 0 Å². The average Bonchev–Trinajstić information content (AvgIpc) is 3.67. The SMILES string of the molecule is COC(=O)c1ccc(C2(NC(=O)C3(NCCOc4ccccc4C#N)CCOCC3)CC2)cc1. The van der Waals surface area contributed by atoms with Crippen molar-refractivity contribution in [2.75, 3.05) is 33.5 Å². The van der Waals surface area contributed by atoms with E-state index in [0.29, 0.717) is 56.1 Å². The van der Waals surface area contributed by atoms with Crippen molar-refractivity contribution in [1.29, 1.82) is 5.26 Å². The summed E-state index contributed by atoms with van der Waals surface area (Å²) in [5.74, 6) is 0.0952. The Bertz CT molecular complexity index is 1070. The number of methoxy groups -OCH3 is 1. The number of rotatable bonds is 9. The molecule has 2 aromatic carbocycles. The molecule has 1 saturated carbocycles. The number of hydrogen-bond acceptors (Lipinski definition) is 7. The molecule has 1 aliphatic carbocycles. The summed E-state index contributed by atoms with van der Waals surface area (Å²) in [5, 5.41) is 15.9. The number of hydrogen-bond donors (Lipinski definition) is 2. The molecule has 8 nitrogen and oxygen atoms in total. The second-order valence-corrected chi connectivity index (χ2v) is 8.68. The van der Waals surface area contributed by atoms with Crippen LogP contribution < -0.4 is 15.4 Å². The van der Waals surface area contributed by atoms with Crippen LogP contribution in [0, 0.1) is 11.3 Å². The van der Waals surface area contributed by atoms with E-state index in [4.69, 9.17) is 14.2 Å². The number of nitriles is 1. The van der Waals surface area contributed by atoms with Crippen molar-refractivity contribution in [2.45, 2.75) is 36.8 Å². The van der Waals surface area contributed by atoms with Gasteiger partial charge in [0.2, 0.25) is 5.91 Å². The zero-order valence-corrected chi connectivity index (χ0v) is 19.3. The topological polar surface area (TPSA) is 110 Å². The molecule has 0 bridgehead atoms. The van der Waals surface area contributed by atoms with Crippen LogP contribution in [0.25, 0.3) is 0 Å². The monoisotopic (exact) mass is 463 g/mol. The Labute approximate surface area is 199 Å². The van der Waals surface area contributed by atoms with Gasteiger partial charge in [-0.15, -0.1) is 0 Å². The summed E-state index contributed by atoms with van der Waals surface area (Å²) >= 11 is 0. The number of amides is 1. The van der Waals surface area contributed by atoms with E-state index < -0.39 is 11.1 Å². The van der Waals surface area contributed by atoms with Crippen LogP contribution >= 0.6 is 0 Å². The van der Waals surface area contributed by atoms with E-state index in [9.17, 15) is 14.9 Å². The molecule has 2 N–H and O–H groups in total. The minimum absolute atomic E-state index is 0.0530. The van der Waals surface area contributed by atoms with Gasteiger partial charge < -0.3 is 19.5 Å². The van der Waals surface area contributed by atoms with Gasteiger partial charge in [-0.1, -0.05) is 24.3 Å². The number of nitrogens with zero attached hydrogens (tertiary/aromatic N) is 1. The molecule has 4 rings (SSSR count).